The number of hydrogen-bond acceptors (Lipinski definition) is 1. The molecule has 25 heavy (non-hydrogen) atoms. The molecule has 0 aromatic heterocycles. The van der Waals surface area contributed by atoms with Crippen molar-refractivity contribution < 1.29 is 4.74 Å². The van der Waals surface area contributed by atoms with Gasteiger partial charge in [-0.25, -0.2) is 0 Å². The lowest BCUT2D eigenvalue weighted by molar-refractivity contribution is 0.357. The van der Waals surface area contributed by atoms with Crippen molar-refractivity contribution in [2.75, 3.05) is 6.61 Å². The second kappa shape index (κ2) is 4.86. The third-order valence-corrected chi connectivity index (χ3v) is 5.86. The molecule has 0 saturated heterocycles. The molecule has 1 heterocycles. The Labute approximate surface area is 147 Å². The van der Waals surface area contributed by atoms with Crippen LogP contribution in [-0.4, -0.2) is 6.61 Å². The molecule has 1 aliphatic heterocycles. The second-order valence-electron chi connectivity index (χ2n) is 7.13. The predicted molar refractivity (Wildman–Crippen MR) is 104 cm³/mol. The summed E-state index contributed by atoms with van der Waals surface area (Å²) in [5.74, 6) is 1.10. The summed E-state index contributed by atoms with van der Waals surface area (Å²) in [5, 5.41) is 2.73. The van der Waals surface area contributed by atoms with Crippen LogP contribution in [0.1, 0.15) is 34.2 Å². The molecule has 2 aliphatic carbocycles. The fourth-order valence-corrected chi connectivity index (χ4v) is 4.81. The minimum Gasteiger partial charge on any atom is -0.488 e. The van der Waals surface area contributed by atoms with Gasteiger partial charge in [0, 0.05) is 17.5 Å². The van der Waals surface area contributed by atoms with E-state index >= 15 is 0 Å². The Balaban J connectivity index is 1.74. The number of ether oxygens (including phenoxy) is 1. The predicted octanol–water partition coefficient (Wildman–Crippen LogP) is 5.78. The van der Waals surface area contributed by atoms with E-state index in [1.54, 1.807) is 0 Å². The van der Waals surface area contributed by atoms with Crippen molar-refractivity contribution in [3.05, 3.63) is 76.4 Å². The minimum atomic E-state index is 0.682. The highest BCUT2D eigenvalue weighted by Crippen LogP contribution is 2.50. The van der Waals surface area contributed by atoms with E-state index in [2.05, 4.69) is 60.7 Å². The van der Waals surface area contributed by atoms with Crippen molar-refractivity contribution in [3.8, 4) is 16.9 Å². The molecule has 3 aromatic carbocycles. The van der Waals surface area contributed by atoms with Crippen molar-refractivity contribution in [1.82, 2.24) is 0 Å². The van der Waals surface area contributed by atoms with Gasteiger partial charge in [-0.1, -0.05) is 54.6 Å². The van der Waals surface area contributed by atoms with Crippen LogP contribution in [0.25, 0.3) is 34.1 Å². The molecule has 0 unspecified atom stereocenters. The van der Waals surface area contributed by atoms with Crippen LogP contribution in [0.5, 0.6) is 5.75 Å². The molecular weight excluding hydrogens is 304 g/mol. The van der Waals surface area contributed by atoms with Crippen LogP contribution in [0.3, 0.4) is 0 Å². The first-order valence-corrected chi connectivity index (χ1v) is 9.10. The van der Waals surface area contributed by atoms with Crippen molar-refractivity contribution >= 4 is 22.9 Å². The zero-order valence-corrected chi connectivity index (χ0v) is 14.0. The van der Waals surface area contributed by atoms with Gasteiger partial charge in [-0.2, -0.15) is 0 Å². The molecule has 0 fully saturated rings. The van der Waals surface area contributed by atoms with Crippen LogP contribution in [0.2, 0.25) is 0 Å². The Hall–Kier alpha value is -2.80. The Morgan fingerprint density at radius 1 is 0.800 bits per heavy atom. The van der Waals surface area contributed by atoms with Crippen molar-refractivity contribution in [3.63, 3.8) is 0 Å². The van der Waals surface area contributed by atoms with Gasteiger partial charge >= 0.3 is 0 Å². The van der Waals surface area contributed by atoms with Crippen molar-refractivity contribution in [1.29, 1.82) is 0 Å². The molecule has 0 spiro atoms. The molecule has 3 aromatic rings. The summed E-state index contributed by atoms with van der Waals surface area (Å²) in [6, 6.07) is 13.4. The maximum absolute atomic E-state index is 6.10. The number of fused-ring (bicyclic) bond motifs is 10. The van der Waals surface area contributed by atoms with Crippen LogP contribution >= 0.6 is 0 Å². The van der Waals surface area contributed by atoms with E-state index in [-0.39, 0.29) is 0 Å². The van der Waals surface area contributed by atoms with Crippen LogP contribution < -0.4 is 4.74 Å². The molecule has 3 aliphatic rings. The lowest BCUT2D eigenvalue weighted by Crippen LogP contribution is -2.09. The van der Waals surface area contributed by atoms with Gasteiger partial charge in [0.25, 0.3) is 0 Å². The maximum Gasteiger partial charge on any atom is 0.134 e. The highest BCUT2D eigenvalue weighted by atomic mass is 16.5. The number of rotatable bonds is 0. The SMILES string of the molecule is C1=Cc2c(c3c(c4c2OCC=C4)Cc2c-3ccc3ccccc23)CC1. The van der Waals surface area contributed by atoms with Gasteiger partial charge in [-0.3, -0.25) is 0 Å². The first kappa shape index (κ1) is 13.5. The van der Waals surface area contributed by atoms with E-state index < -0.39 is 0 Å². The third kappa shape index (κ3) is 1.73. The van der Waals surface area contributed by atoms with Crippen molar-refractivity contribution in [2.24, 2.45) is 0 Å². The summed E-state index contributed by atoms with van der Waals surface area (Å²) in [7, 11) is 0. The van der Waals surface area contributed by atoms with Crippen molar-refractivity contribution in [2.45, 2.75) is 19.3 Å². The van der Waals surface area contributed by atoms with Gasteiger partial charge in [0.2, 0.25) is 0 Å². The fourth-order valence-electron chi connectivity index (χ4n) is 4.81. The summed E-state index contributed by atoms with van der Waals surface area (Å²) in [4.78, 5) is 0. The smallest absolute Gasteiger partial charge is 0.134 e. The van der Waals surface area contributed by atoms with Crippen LogP contribution in [0.4, 0.5) is 0 Å². The van der Waals surface area contributed by atoms with Gasteiger partial charge in [0.05, 0.1) is 0 Å². The Morgan fingerprint density at radius 2 is 1.68 bits per heavy atom. The zero-order chi connectivity index (χ0) is 16.4. The largest absolute Gasteiger partial charge is 0.488 e. The monoisotopic (exact) mass is 322 g/mol. The standard InChI is InChI=1S/C24H18O/c1-2-7-16-15(6-1)11-12-18-21(16)14-22-20-10-5-13-25-24(20)19-9-4-3-8-17(19)23(18)22/h1-2,4-7,9-12H,3,8,13-14H2. The molecule has 0 amide bonds. The number of allylic oxidation sites excluding steroid dienone is 1. The summed E-state index contributed by atoms with van der Waals surface area (Å²) in [5.41, 5.74) is 9.96. The zero-order valence-electron chi connectivity index (χ0n) is 14.0. The van der Waals surface area contributed by atoms with Crippen LogP contribution in [-0.2, 0) is 12.8 Å². The fraction of sp³-hybridized carbons (Fsp3) is 0.167. The molecule has 1 nitrogen and oxygen atoms in total. The van der Waals surface area contributed by atoms with E-state index in [4.69, 9.17) is 4.74 Å². The van der Waals surface area contributed by atoms with Gasteiger partial charge in [-0.05, 0) is 57.5 Å². The molecule has 0 saturated carbocycles. The number of benzene rings is 3. The van der Waals surface area contributed by atoms with E-state index in [0.717, 1.165) is 25.0 Å². The van der Waals surface area contributed by atoms with E-state index in [1.807, 2.05) is 0 Å². The van der Waals surface area contributed by atoms with Gasteiger partial charge < -0.3 is 4.74 Å². The van der Waals surface area contributed by atoms with E-state index in [1.165, 1.54) is 49.7 Å². The highest BCUT2D eigenvalue weighted by Gasteiger charge is 2.31. The third-order valence-electron chi connectivity index (χ3n) is 5.86. The van der Waals surface area contributed by atoms with Gasteiger partial charge in [0.1, 0.15) is 12.4 Å². The Kier molecular flexibility index (Phi) is 2.62. The molecule has 0 radical (unpaired) electrons. The summed E-state index contributed by atoms with van der Waals surface area (Å²) < 4.78 is 6.10. The molecule has 120 valence electrons. The molecule has 0 bridgehead atoms. The molecule has 0 atom stereocenters. The average molecular weight is 322 g/mol. The topological polar surface area (TPSA) is 9.23 Å². The molecule has 0 N–H and O–H groups in total. The maximum atomic E-state index is 6.10. The van der Waals surface area contributed by atoms with Gasteiger partial charge in [-0.15, -0.1) is 0 Å². The van der Waals surface area contributed by atoms with Crippen LogP contribution in [0, 0.1) is 0 Å². The first-order valence-electron chi connectivity index (χ1n) is 9.10. The summed E-state index contributed by atoms with van der Waals surface area (Å²) in [6.07, 6.45) is 12.2. The first-order chi connectivity index (χ1) is 12.4. The Bertz CT molecular complexity index is 1110. The molecule has 6 rings (SSSR count). The van der Waals surface area contributed by atoms with E-state index in [0.29, 0.717) is 6.61 Å². The van der Waals surface area contributed by atoms with E-state index in [9.17, 15) is 0 Å². The lowest BCUT2D eigenvalue weighted by Gasteiger charge is -2.24. The van der Waals surface area contributed by atoms with Crippen LogP contribution in [0.15, 0.2) is 48.6 Å². The highest BCUT2D eigenvalue weighted by molar-refractivity contribution is 5.98. The normalized spacial score (nSPS) is 16.2. The minimum absolute atomic E-state index is 0.682. The number of hydrogen-bond donors (Lipinski definition) is 0. The summed E-state index contributed by atoms with van der Waals surface area (Å²) >= 11 is 0. The molecular formula is C24H18O. The quantitative estimate of drug-likeness (QED) is 0.399. The van der Waals surface area contributed by atoms with Gasteiger partial charge in [0.15, 0.2) is 0 Å². The average Bonchev–Trinajstić information content (AvgIpc) is 3.09. The second-order valence-corrected chi connectivity index (χ2v) is 7.13. The summed E-state index contributed by atoms with van der Waals surface area (Å²) in [6.45, 7) is 0.682. The molecule has 1 heteroatoms. The Morgan fingerprint density at radius 3 is 2.68 bits per heavy atom. The lowest BCUT2D eigenvalue weighted by atomic mass is 9.85.